The molecule has 0 atom stereocenters. The van der Waals surface area contributed by atoms with Crippen molar-refractivity contribution in [3.8, 4) is 5.75 Å². The number of nitrogens with zero attached hydrogens (tertiary/aromatic N) is 3. The summed E-state index contributed by atoms with van der Waals surface area (Å²) >= 11 is 1.64. The zero-order valence-corrected chi connectivity index (χ0v) is 19.6. The minimum atomic E-state index is -4.81. The molecule has 1 saturated heterocycles. The van der Waals surface area contributed by atoms with Gasteiger partial charge in [0, 0.05) is 44.2 Å². The molecule has 2 aromatic rings. The zero-order chi connectivity index (χ0) is 24.2. The predicted octanol–water partition coefficient (Wildman–Crippen LogP) is 5.16. The van der Waals surface area contributed by atoms with E-state index in [1.54, 1.807) is 19.1 Å². The second-order valence-electron chi connectivity index (χ2n) is 7.51. The molecule has 1 aliphatic heterocycles. The fourth-order valence-electron chi connectivity index (χ4n) is 3.73. The van der Waals surface area contributed by atoms with Gasteiger partial charge in [0.25, 0.3) is 5.91 Å². The van der Waals surface area contributed by atoms with Gasteiger partial charge in [0.2, 0.25) is 0 Å². The van der Waals surface area contributed by atoms with Gasteiger partial charge in [-0.25, -0.2) is 8.70 Å². The summed E-state index contributed by atoms with van der Waals surface area (Å²) in [7, 11) is 1.59. The number of piperazine rings is 1. The van der Waals surface area contributed by atoms with Crippen LogP contribution in [0, 0.1) is 5.82 Å². The lowest BCUT2D eigenvalue weighted by atomic mass is 10.0. The molecule has 1 fully saturated rings. The number of hydrogen-bond donors (Lipinski definition) is 0. The number of alkyl halides is 3. The van der Waals surface area contributed by atoms with Crippen LogP contribution in [0.3, 0.4) is 0 Å². The quantitative estimate of drug-likeness (QED) is 0.400. The molecule has 180 valence electrons. The van der Waals surface area contributed by atoms with Crippen molar-refractivity contribution in [2.24, 2.45) is 0 Å². The van der Waals surface area contributed by atoms with Gasteiger partial charge in [-0.3, -0.25) is 4.79 Å². The van der Waals surface area contributed by atoms with Gasteiger partial charge in [-0.1, -0.05) is 13.8 Å². The second kappa shape index (κ2) is 10.6. The number of amides is 1. The van der Waals surface area contributed by atoms with E-state index < -0.39 is 29.0 Å². The molecule has 0 bridgehead atoms. The van der Waals surface area contributed by atoms with Gasteiger partial charge in [0.15, 0.2) is 0 Å². The van der Waals surface area contributed by atoms with E-state index in [1.165, 1.54) is 4.90 Å². The molecule has 3 rings (SSSR count). The van der Waals surface area contributed by atoms with Crippen molar-refractivity contribution < 1.29 is 27.1 Å². The summed E-state index contributed by atoms with van der Waals surface area (Å²) in [5, 5.41) is 0. The standard InChI is InChI=1S/C23H27F4N3O2S/c1-4-30(5-2)33-17-7-9-21(32-3)20(15-17)28-10-12-29(13-11-28)22(31)18-8-6-16(24)14-19(18)23(25,26)27/h6-9,14-15H,4-5,10-13H2,1-3H3. The Morgan fingerprint density at radius 2 is 1.73 bits per heavy atom. The largest absolute Gasteiger partial charge is 0.495 e. The zero-order valence-electron chi connectivity index (χ0n) is 18.8. The highest BCUT2D eigenvalue weighted by Crippen LogP contribution is 2.36. The Kier molecular flexibility index (Phi) is 8.12. The Hall–Kier alpha value is -2.46. The SMILES string of the molecule is CCN(CC)Sc1ccc(OC)c(N2CCN(C(=O)c3ccc(F)cc3C(F)(F)F)CC2)c1. The molecule has 0 spiro atoms. The lowest BCUT2D eigenvalue weighted by Gasteiger charge is -2.37. The first-order chi connectivity index (χ1) is 15.7. The molecule has 1 aliphatic rings. The van der Waals surface area contributed by atoms with E-state index in [1.807, 2.05) is 18.2 Å². The maximum absolute atomic E-state index is 13.4. The van der Waals surface area contributed by atoms with Crippen LogP contribution in [0.1, 0.15) is 29.8 Å². The van der Waals surface area contributed by atoms with Crippen LogP contribution in [0.2, 0.25) is 0 Å². The lowest BCUT2D eigenvalue weighted by molar-refractivity contribution is -0.138. The van der Waals surface area contributed by atoms with E-state index in [0.717, 1.165) is 35.8 Å². The Morgan fingerprint density at radius 3 is 2.30 bits per heavy atom. The summed E-state index contributed by atoms with van der Waals surface area (Å²) in [6.45, 7) is 7.31. The van der Waals surface area contributed by atoms with Gasteiger partial charge >= 0.3 is 6.18 Å². The van der Waals surface area contributed by atoms with Crippen LogP contribution in [-0.2, 0) is 6.18 Å². The Labute approximate surface area is 195 Å². The normalized spacial score (nSPS) is 14.7. The summed E-state index contributed by atoms with van der Waals surface area (Å²) in [6.07, 6.45) is -4.81. The highest BCUT2D eigenvalue weighted by atomic mass is 32.2. The van der Waals surface area contributed by atoms with Crippen LogP contribution >= 0.6 is 11.9 Å². The Morgan fingerprint density at radius 1 is 1.06 bits per heavy atom. The van der Waals surface area contributed by atoms with Gasteiger partial charge in [0.05, 0.1) is 23.9 Å². The van der Waals surface area contributed by atoms with Crippen molar-refractivity contribution in [3.63, 3.8) is 0 Å². The minimum Gasteiger partial charge on any atom is -0.495 e. The van der Waals surface area contributed by atoms with Gasteiger partial charge < -0.3 is 14.5 Å². The molecule has 0 aliphatic carbocycles. The first-order valence-electron chi connectivity index (χ1n) is 10.7. The second-order valence-corrected chi connectivity index (χ2v) is 8.68. The van der Waals surface area contributed by atoms with Crippen LogP contribution in [0.4, 0.5) is 23.2 Å². The average molecular weight is 486 g/mol. The molecule has 2 aromatic carbocycles. The third-order valence-corrected chi connectivity index (χ3v) is 6.75. The van der Waals surface area contributed by atoms with Crippen molar-refractivity contribution in [1.29, 1.82) is 0 Å². The number of anilines is 1. The molecule has 1 heterocycles. The number of carbonyl (C=O) groups is 1. The maximum Gasteiger partial charge on any atom is 0.417 e. The van der Waals surface area contributed by atoms with E-state index >= 15 is 0 Å². The van der Waals surface area contributed by atoms with Crippen LogP contribution in [0.25, 0.3) is 0 Å². The summed E-state index contributed by atoms with van der Waals surface area (Å²) in [5.74, 6) is -1.09. The topological polar surface area (TPSA) is 36.0 Å². The lowest BCUT2D eigenvalue weighted by Crippen LogP contribution is -2.49. The summed E-state index contributed by atoms with van der Waals surface area (Å²) in [4.78, 5) is 17.3. The Balaban J connectivity index is 1.76. The molecule has 33 heavy (non-hydrogen) atoms. The van der Waals surface area contributed by atoms with E-state index in [9.17, 15) is 22.4 Å². The monoisotopic (exact) mass is 485 g/mol. The minimum absolute atomic E-state index is 0.240. The van der Waals surface area contributed by atoms with Gasteiger partial charge in [-0.15, -0.1) is 0 Å². The fourth-order valence-corrected chi connectivity index (χ4v) is 4.58. The molecular formula is C23H27F4N3O2S. The molecule has 0 saturated carbocycles. The van der Waals surface area contributed by atoms with Crippen LogP contribution in [0.5, 0.6) is 5.75 Å². The van der Waals surface area contributed by atoms with Crippen LogP contribution < -0.4 is 9.64 Å². The van der Waals surface area contributed by atoms with Gasteiger partial charge in [-0.2, -0.15) is 13.2 Å². The number of hydrogen-bond acceptors (Lipinski definition) is 5. The maximum atomic E-state index is 13.4. The van der Waals surface area contributed by atoms with Gasteiger partial charge in [-0.05, 0) is 48.3 Å². The molecule has 0 radical (unpaired) electrons. The van der Waals surface area contributed by atoms with Crippen molar-refractivity contribution in [2.45, 2.75) is 24.9 Å². The van der Waals surface area contributed by atoms with Crippen LogP contribution in [-0.4, -0.2) is 61.5 Å². The van der Waals surface area contributed by atoms with Gasteiger partial charge in [0.1, 0.15) is 11.6 Å². The molecule has 0 unspecified atom stereocenters. The summed E-state index contributed by atoms with van der Waals surface area (Å²) in [6, 6.07) is 8.06. The molecule has 0 N–H and O–H groups in total. The average Bonchev–Trinajstić information content (AvgIpc) is 2.81. The summed E-state index contributed by atoms with van der Waals surface area (Å²) in [5.41, 5.74) is -0.912. The van der Waals surface area contributed by atoms with Crippen molar-refractivity contribution in [3.05, 3.63) is 53.3 Å². The number of halogens is 4. The van der Waals surface area contributed by atoms with Crippen molar-refractivity contribution in [2.75, 3.05) is 51.3 Å². The number of benzene rings is 2. The number of carbonyl (C=O) groups excluding carboxylic acids is 1. The third-order valence-electron chi connectivity index (χ3n) is 5.52. The molecule has 1 amide bonds. The smallest absolute Gasteiger partial charge is 0.417 e. The Bertz CT molecular complexity index is 975. The molecule has 10 heteroatoms. The number of ether oxygens (including phenoxy) is 1. The van der Waals surface area contributed by atoms with E-state index in [2.05, 4.69) is 23.1 Å². The van der Waals surface area contributed by atoms with Crippen LogP contribution in [0.15, 0.2) is 41.3 Å². The number of rotatable bonds is 7. The molecule has 5 nitrogen and oxygen atoms in total. The van der Waals surface area contributed by atoms with E-state index in [4.69, 9.17) is 4.74 Å². The van der Waals surface area contributed by atoms with E-state index in [0.29, 0.717) is 24.9 Å². The molecular weight excluding hydrogens is 458 g/mol. The summed E-state index contributed by atoms with van der Waals surface area (Å²) < 4.78 is 61.1. The predicted molar refractivity (Wildman–Crippen MR) is 121 cm³/mol. The highest BCUT2D eigenvalue weighted by molar-refractivity contribution is 7.97. The number of methoxy groups -OCH3 is 1. The third kappa shape index (κ3) is 5.92. The highest BCUT2D eigenvalue weighted by Gasteiger charge is 2.37. The fraction of sp³-hybridized carbons (Fsp3) is 0.435. The first-order valence-corrected chi connectivity index (χ1v) is 11.5. The van der Waals surface area contributed by atoms with Crippen molar-refractivity contribution in [1.82, 2.24) is 9.21 Å². The first kappa shape index (κ1) is 25.2. The molecule has 0 aromatic heterocycles. The van der Waals surface area contributed by atoms with E-state index in [-0.39, 0.29) is 13.1 Å². The van der Waals surface area contributed by atoms with Crippen molar-refractivity contribution >= 4 is 23.5 Å².